The van der Waals surface area contributed by atoms with Gasteiger partial charge in [0, 0.05) is 23.1 Å². The minimum atomic E-state index is -3.86. The van der Waals surface area contributed by atoms with Crippen molar-refractivity contribution in [2.45, 2.75) is 32.9 Å². The number of carbonyl (C=O) groups is 2. The highest BCUT2D eigenvalue weighted by atomic mass is 35.5. The standard InChI is InChI=1S/C28H31Cl2N3O5S/c1-4-16-31-28(35)20(2)32(18-21-10-11-22(29)17-26(21)30)27(34)19-33(39(3,36)37)23-12-14-25(15-13-23)38-24-8-6-5-7-9-24/h5-15,17,20H,4,16,18-19H2,1-3H3,(H,31,35). The van der Waals surface area contributed by atoms with Crippen LogP contribution in [0.2, 0.25) is 10.0 Å². The van der Waals surface area contributed by atoms with Gasteiger partial charge >= 0.3 is 0 Å². The fraction of sp³-hybridized carbons (Fsp3) is 0.286. The molecule has 1 unspecified atom stereocenters. The lowest BCUT2D eigenvalue weighted by Gasteiger charge is -2.31. The summed E-state index contributed by atoms with van der Waals surface area (Å²) in [6, 6.07) is 19.5. The van der Waals surface area contributed by atoms with E-state index in [0.717, 1.165) is 17.0 Å². The molecule has 2 amide bonds. The number of nitrogens with one attached hydrogen (secondary N) is 1. The maximum atomic E-state index is 13.6. The lowest BCUT2D eigenvalue weighted by molar-refractivity contribution is -0.139. The Morgan fingerprint density at radius 2 is 1.62 bits per heavy atom. The summed E-state index contributed by atoms with van der Waals surface area (Å²) in [7, 11) is -3.86. The van der Waals surface area contributed by atoms with Crippen molar-refractivity contribution < 1.29 is 22.7 Å². The molecular weight excluding hydrogens is 561 g/mol. The van der Waals surface area contributed by atoms with E-state index in [1.54, 1.807) is 61.5 Å². The maximum absolute atomic E-state index is 13.6. The zero-order valence-electron chi connectivity index (χ0n) is 21.9. The molecule has 39 heavy (non-hydrogen) atoms. The van der Waals surface area contributed by atoms with E-state index in [1.807, 2.05) is 25.1 Å². The first-order chi connectivity index (χ1) is 18.5. The second-order valence-corrected chi connectivity index (χ2v) is 11.7. The van der Waals surface area contributed by atoms with E-state index in [2.05, 4.69) is 5.32 Å². The number of carbonyl (C=O) groups excluding carboxylic acids is 2. The summed E-state index contributed by atoms with van der Waals surface area (Å²) in [5.74, 6) is 0.205. The average Bonchev–Trinajstić information content (AvgIpc) is 2.90. The molecule has 3 aromatic carbocycles. The molecule has 0 bridgehead atoms. The van der Waals surface area contributed by atoms with E-state index in [-0.39, 0.29) is 18.1 Å². The molecule has 0 aliphatic heterocycles. The van der Waals surface area contributed by atoms with Gasteiger partial charge in [0.2, 0.25) is 21.8 Å². The normalized spacial score (nSPS) is 11.9. The van der Waals surface area contributed by atoms with Gasteiger partial charge in [-0.1, -0.05) is 54.4 Å². The minimum Gasteiger partial charge on any atom is -0.457 e. The molecule has 0 aromatic heterocycles. The molecule has 0 radical (unpaired) electrons. The number of ether oxygens (including phenoxy) is 1. The number of para-hydroxylation sites is 1. The molecule has 0 heterocycles. The number of anilines is 1. The fourth-order valence-corrected chi connectivity index (χ4v) is 5.05. The summed E-state index contributed by atoms with van der Waals surface area (Å²) in [4.78, 5) is 27.8. The van der Waals surface area contributed by atoms with Gasteiger partial charge in [0.25, 0.3) is 0 Å². The Labute approximate surface area is 239 Å². The van der Waals surface area contributed by atoms with Crippen LogP contribution in [0.4, 0.5) is 5.69 Å². The number of nitrogens with zero attached hydrogens (tertiary/aromatic N) is 2. The minimum absolute atomic E-state index is 0.0169. The Balaban J connectivity index is 1.87. The van der Waals surface area contributed by atoms with Crippen LogP contribution < -0.4 is 14.4 Å². The topological polar surface area (TPSA) is 96.0 Å². The maximum Gasteiger partial charge on any atom is 0.244 e. The van der Waals surface area contributed by atoms with E-state index in [1.165, 1.54) is 4.90 Å². The van der Waals surface area contributed by atoms with Gasteiger partial charge in [-0.05, 0) is 67.4 Å². The number of rotatable bonds is 12. The van der Waals surface area contributed by atoms with Gasteiger partial charge in [-0.25, -0.2) is 8.42 Å². The van der Waals surface area contributed by atoms with Gasteiger partial charge in [-0.15, -0.1) is 0 Å². The smallest absolute Gasteiger partial charge is 0.244 e. The molecule has 0 saturated heterocycles. The third-order valence-corrected chi connectivity index (χ3v) is 7.58. The highest BCUT2D eigenvalue weighted by molar-refractivity contribution is 7.92. The third-order valence-electron chi connectivity index (χ3n) is 5.86. The summed E-state index contributed by atoms with van der Waals surface area (Å²) in [5.41, 5.74) is 0.844. The molecule has 1 N–H and O–H groups in total. The van der Waals surface area contributed by atoms with Crippen LogP contribution in [0.1, 0.15) is 25.8 Å². The molecular formula is C28H31Cl2N3O5S. The van der Waals surface area contributed by atoms with Crippen molar-refractivity contribution in [2.24, 2.45) is 0 Å². The van der Waals surface area contributed by atoms with Crippen molar-refractivity contribution in [3.05, 3.63) is 88.4 Å². The van der Waals surface area contributed by atoms with E-state index >= 15 is 0 Å². The molecule has 0 spiro atoms. The molecule has 0 saturated carbocycles. The number of hydrogen-bond donors (Lipinski definition) is 1. The number of benzene rings is 3. The predicted molar refractivity (Wildman–Crippen MR) is 155 cm³/mol. The van der Waals surface area contributed by atoms with E-state index in [4.69, 9.17) is 27.9 Å². The summed E-state index contributed by atoms with van der Waals surface area (Å²) in [6.07, 6.45) is 1.74. The van der Waals surface area contributed by atoms with Crippen molar-refractivity contribution >= 4 is 50.7 Å². The van der Waals surface area contributed by atoms with Gasteiger partial charge in [0.15, 0.2) is 0 Å². The van der Waals surface area contributed by atoms with Crippen LogP contribution in [-0.4, -0.2) is 50.5 Å². The van der Waals surface area contributed by atoms with Crippen LogP contribution in [0.3, 0.4) is 0 Å². The van der Waals surface area contributed by atoms with Crippen molar-refractivity contribution in [1.29, 1.82) is 0 Å². The Morgan fingerprint density at radius 3 is 2.21 bits per heavy atom. The van der Waals surface area contributed by atoms with Crippen LogP contribution in [0.25, 0.3) is 0 Å². The number of halogens is 2. The van der Waals surface area contributed by atoms with Crippen molar-refractivity contribution in [3.63, 3.8) is 0 Å². The monoisotopic (exact) mass is 591 g/mol. The lowest BCUT2D eigenvalue weighted by Crippen LogP contribution is -2.51. The van der Waals surface area contributed by atoms with E-state index in [0.29, 0.717) is 33.7 Å². The van der Waals surface area contributed by atoms with Gasteiger partial charge in [0.05, 0.1) is 11.9 Å². The first kappa shape index (κ1) is 30.3. The quantitative estimate of drug-likeness (QED) is 0.300. The van der Waals surface area contributed by atoms with E-state index < -0.39 is 28.5 Å². The van der Waals surface area contributed by atoms with Crippen molar-refractivity contribution in [2.75, 3.05) is 23.7 Å². The fourth-order valence-electron chi connectivity index (χ4n) is 3.73. The highest BCUT2D eigenvalue weighted by Gasteiger charge is 2.30. The zero-order valence-corrected chi connectivity index (χ0v) is 24.3. The molecule has 208 valence electrons. The molecule has 11 heteroatoms. The molecule has 3 aromatic rings. The highest BCUT2D eigenvalue weighted by Crippen LogP contribution is 2.27. The molecule has 0 fully saturated rings. The van der Waals surface area contributed by atoms with Crippen molar-refractivity contribution in [1.82, 2.24) is 10.2 Å². The third kappa shape index (κ3) is 8.61. The summed E-state index contributed by atoms with van der Waals surface area (Å²) < 4.78 is 32.3. The first-order valence-corrected chi connectivity index (χ1v) is 14.9. The SMILES string of the molecule is CCCNC(=O)C(C)N(Cc1ccc(Cl)cc1Cl)C(=O)CN(c1ccc(Oc2ccccc2)cc1)S(C)(=O)=O. The van der Waals surface area contributed by atoms with Crippen LogP contribution >= 0.6 is 23.2 Å². The predicted octanol–water partition coefficient (Wildman–Crippen LogP) is 5.50. The van der Waals surface area contributed by atoms with Crippen LogP contribution in [-0.2, 0) is 26.2 Å². The Hall–Kier alpha value is -3.27. The number of amides is 2. The molecule has 0 aliphatic rings. The van der Waals surface area contributed by atoms with Gasteiger partial charge in [0.1, 0.15) is 24.1 Å². The second kappa shape index (κ2) is 13.7. The molecule has 8 nitrogen and oxygen atoms in total. The second-order valence-electron chi connectivity index (χ2n) is 8.90. The van der Waals surface area contributed by atoms with Crippen LogP contribution in [0.15, 0.2) is 72.8 Å². The Kier molecular flexibility index (Phi) is 10.6. The molecule has 1 atom stereocenters. The number of hydrogen-bond acceptors (Lipinski definition) is 5. The van der Waals surface area contributed by atoms with Crippen LogP contribution in [0, 0.1) is 0 Å². The average molecular weight is 593 g/mol. The number of sulfonamides is 1. The molecule has 3 rings (SSSR count). The molecule has 0 aliphatic carbocycles. The van der Waals surface area contributed by atoms with E-state index in [9.17, 15) is 18.0 Å². The Morgan fingerprint density at radius 1 is 0.974 bits per heavy atom. The summed E-state index contributed by atoms with van der Waals surface area (Å²) in [5, 5.41) is 3.54. The lowest BCUT2D eigenvalue weighted by atomic mass is 10.1. The summed E-state index contributed by atoms with van der Waals surface area (Å²) >= 11 is 12.4. The van der Waals surface area contributed by atoms with Crippen LogP contribution in [0.5, 0.6) is 11.5 Å². The zero-order chi connectivity index (χ0) is 28.6. The van der Waals surface area contributed by atoms with Crippen molar-refractivity contribution in [3.8, 4) is 11.5 Å². The van der Waals surface area contributed by atoms with Gasteiger partial charge in [-0.3, -0.25) is 13.9 Å². The Bertz CT molecular complexity index is 1390. The first-order valence-electron chi connectivity index (χ1n) is 12.3. The van der Waals surface area contributed by atoms with Gasteiger partial charge in [-0.2, -0.15) is 0 Å². The largest absolute Gasteiger partial charge is 0.457 e. The van der Waals surface area contributed by atoms with Gasteiger partial charge < -0.3 is 15.0 Å². The summed E-state index contributed by atoms with van der Waals surface area (Å²) in [6.45, 7) is 3.42.